The van der Waals surface area contributed by atoms with Crippen LogP contribution in [0.1, 0.15) is 41.4 Å². The molecule has 192 valence electrons. The Labute approximate surface area is 215 Å². The molecule has 0 fully saturated rings. The van der Waals surface area contributed by atoms with Gasteiger partial charge in [0.15, 0.2) is 6.10 Å². The van der Waals surface area contributed by atoms with E-state index in [0.717, 1.165) is 34.9 Å². The highest BCUT2D eigenvalue weighted by Gasteiger charge is 2.33. The molecule has 4 rings (SSSR count). The Hall–Kier alpha value is -4.21. The van der Waals surface area contributed by atoms with Crippen molar-refractivity contribution >= 4 is 34.2 Å². The molecule has 0 saturated heterocycles. The van der Waals surface area contributed by atoms with E-state index in [-0.39, 0.29) is 0 Å². The summed E-state index contributed by atoms with van der Waals surface area (Å²) in [5, 5.41) is 15.0. The molecule has 9 nitrogen and oxygen atoms in total. The average Bonchev–Trinajstić information content (AvgIpc) is 3.40. The van der Waals surface area contributed by atoms with Crippen molar-refractivity contribution in [2.24, 2.45) is 5.84 Å². The van der Waals surface area contributed by atoms with Gasteiger partial charge in [-0.2, -0.15) is 0 Å². The first-order valence-electron chi connectivity index (χ1n) is 12.2. The van der Waals surface area contributed by atoms with Crippen molar-refractivity contribution in [1.29, 1.82) is 0 Å². The Kier molecular flexibility index (Phi) is 7.86. The van der Waals surface area contributed by atoms with E-state index in [0.29, 0.717) is 22.3 Å². The van der Waals surface area contributed by atoms with Gasteiger partial charge in [-0.1, -0.05) is 24.3 Å². The Morgan fingerprint density at radius 2 is 1.70 bits per heavy atom. The maximum absolute atomic E-state index is 13.3. The van der Waals surface area contributed by atoms with E-state index >= 15 is 0 Å². The largest absolute Gasteiger partial charge is 0.381 e. The quantitative estimate of drug-likeness (QED) is 0.158. The van der Waals surface area contributed by atoms with Crippen molar-refractivity contribution in [1.82, 2.24) is 15.3 Å². The fourth-order valence-electron chi connectivity index (χ4n) is 4.39. The summed E-state index contributed by atoms with van der Waals surface area (Å²) in [7, 11) is 0. The summed E-state index contributed by atoms with van der Waals surface area (Å²) in [6.07, 6.45) is -0.0907. The number of anilines is 2. The number of nitrogens with zero attached hydrogens (tertiary/aromatic N) is 3. The third-order valence-electron chi connectivity index (χ3n) is 6.56. The second kappa shape index (κ2) is 11.2. The minimum absolute atomic E-state index is 0.377. The highest BCUT2D eigenvalue weighted by molar-refractivity contribution is 5.99. The van der Waals surface area contributed by atoms with E-state index in [9.17, 15) is 14.7 Å². The molecule has 1 aromatic heterocycles. The number of fused-ring (bicyclic) bond motifs is 1. The number of aryl methyl sites for hydroxylation is 1. The second-order valence-corrected chi connectivity index (χ2v) is 8.78. The third kappa shape index (κ3) is 5.47. The number of carbonyl (C=O) groups is 2. The number of nitrogens with one attached hydrogen (secondary N) is 2. The smallest absolute Gasteiger partial charge is 0.272 e. The molecule has 9 heteroatoms. The van der Waals surface area contributed by atoms with Crippen molar-refractivity contribution < 1.29 is 14.7 Å². The van der Waals surface area contributed by atoms with Crippen molar-refractivity contribution in [2.75, 3.05) is 23.0 Å². The van der Waals surface area contributed by atoms with E-state index < -0.39 is 24.0 Å². The molecular formula is C28H32N6O3. The molecule has 0 spiro atoms. The number of hydrazine groups is 1. The van der Waals surface area contributed by atoms with Crippen LogP contribution in [-0.2, 0) is 4.79 Å². The van der Waals surface area contributed by atoms with Crippen molar-refractivity contribution in [3.8, 4) is 0 Å². The zero-order chi connectivity index (χ0) is 26.5. The summed E-state index contributed by atoms with van der Waals surface area (Å²) in [5.74, 6) is 4.97. The Morgan fingerprint density at radius 3 is 2.38 bits per heavy atom. The molecule has 3 aromatic carbocycles. The fourth-order valence-corrected chi connectivity index (χ4v) is 4.39. The molecule has 0 radical (unpaired) electrons. The lowest BCUT2D eigenvalue weighted by Crippen LogP contribution is -2.50. The van der Waals surface area contributed by atoms with Crippen molar-refractivity contribution in [2.45, 2.75) is 32.9 Å². The molecule has 2 atom stereocenters. The van der Waals surface area contributed by atoms with Crippen LogP contribution >= 0.6 is 0 Å². The van der Waals surface area contributed by atoms with Gasteiger partial charge in [0.05, 0.1) is 29.1 Å². The monoisotopic (exact) mass is 500 g/mol. The fraction of sp³-hybridized carbons (Fsp3) is 0.250. The lowest BCUT2D eigenvalue weighted by molar-refractivity contribution is -0.128. The lowest BCUT2D eigenvalue weighted by Gasteiger charge is -2.28. The molecule has 2 amide bonds. The predicted octanol–water partition coefficient (Wildman–Crippen LogP) is 3.46. The molecule has 0 aliphatic carbocycles. The second-order valence-electron chi connectivity index (χ2n) is 8.78. The van der Waals surface area contributed by atoms with Gasteiger partial charge in [-0.3, -0.25) is 9.59 Å². The molecule has 4 aromatic rings. The summed E-state index contributed by atoms with van der Waals surface area (Å²) >= 11 is 0. The van der Waals surface area contributed by atoms with Gasteiger partial charge in [0.25, 0.3) is 11.8 Å². The molecule has 5 N–H and O–H groups in total. The van der Waals surface area contributed by atoms with Gasteiger partial charge in [0.2, 0.25) is 0 Å². The Morgan fingerprint density at radius 1 is 1.03 bits per heavy atom. The summed E-state index contributed by atoms with van der Waals surface area (Å²) < 4.78 is 0. The number of aliphatic hydroxyl groups excluding tert-OH is 1. The first-order valence-corrected chi connectivity index (χ1v) is 12.2. The van der Waals surface area contributed by atoms with Crippen molar-refractivity contribution in [3.05, 3.63) is 89.7 Å². The van der Waals surface area contributed by atoms with Crippen LogP contribution in [0.3, 0.4) is 0 Å². The number of aromatic amines is 1. The minimum Gasteiger partial charge on any atom is -0.381 e. The molecule has 1 heterocycles. The van der Waals surface area contributed by atoms with Gasteiger partial charge < -0.3 is 20.3 Å². The van der Waals surface area contributed by atoms with Gasteiger partial charge in [-0.15, -0.1) is 0 Å². The molecular weight excluding hydrogens is 468 g/mol. The van der Waals surface area contributed by atoms with Crippen LogP contribution in [0.15, 0.2) is 73.1 Å². The molecule has 37 heavy (non-hydrogen) atoms. The zero-order valence-corrected chi connectivity index (χ0v) is 21.2. The SMILES string of the molecule is CCN(CC)c1ccc(C(=O)NC(c2ccccc2C)C(O)C(=O)N(N)c2ccc3nc[nH]c3c2)cc1. The van der Waals surface area contributed by atoms with Crippen LogP contribution < -0.4 is 21.1 Å². The van der Waals surface area contributed by atoms with Crippen LogP contribution in [-0.4, -0.2) is 46.1 Å². The summed E-state index contributed by atoms with van der Waals surface area (Å²) in [6.45, 7) is 7.71. The van der Waals surface area contributed by atoms with Crippen molar-refractivity contribution in [3.63, 3.8) is 0 Å². The van der Waals surface area contributed by atoms with Gasteiger partial charge in [-0.25, -0.2) is 15.8 Å². The Balaban J connectivity index is 1.60. The number of amides is 2. The number of hydrogen-bond donors (Lipinski definition) is 4. The first-order chi connectivity index (χ1) is 17.8. The van der Waals surface area contributed by atoms with Gasteiger partial charge in [-0.05, 0) is 74.4 Å². The third-order valence-corrected chi connectivity index (χ3v) is 6.56. The molecule has 0 aliphatic heterocycles. The van der Waals surface area contributed by atoms with Crippen LogP contribution in [0.4, 0.5) is 11.4 Å². The molecule has 2 unspecified atom stereocenters. The van der Waals surface area contributed by atoms with Crippen LogP contribution in [0, 0.1) is 6.92 Å². The number of H-pyrrole nitrogens is 1. The minimum atomic E-state index is -1.64. The first kappa shape index (κ1) is 25.9. The summed E-state index contributed by atoms with van der Waals surface area (Å²) in [4.78, 5) is 35.9. The summed E-state index contributed by atoms with van der Waals surface area (Å²) in [5.41, 5.74) is 4.67. The Bertz CT molecular complexity index is 1380. The average molecular weight is 501 g/mol. The summed E-state index contributed by atoms with van der Waals surface area (Å²) in [6, 6.07) is 18.6. The predicted molar refractivity (Wildman–Crippen MR) is 145 cm³/mol. The molecule has 0 aliphatic rings. The maximum Gasteiger partial charge on any atom is 0.272 e. The van der Waals surface area contributed by atoms with E-state index in [2.05, 4.69) is 34.0 Å². The maximum atomic E-state index is 13.3. The number of aliphatic hydroxyl groups is 1. The zero-order valence-electron chi connectivity index (χ0n) is 21.2. The number of hydrogen-bond acceptors (Lipinski definition) is 6. The van der Waals surface area contributed by atoms with Gasteiger partial charge >= 0.3 is 0 Å². The van der Waals surface area contributed by atoms with E-state index in [4.69, 9.17) is 5.84 Å². The molecule has 0 bridgehead atoms. The number of nitrogens with two attached hydrogens (primary N) is 1. The van der Waals surface area contributed by atoms with Crippen LogP contribution in [0.25, 0.3) is 11.0 Å². The van der Waals surface area contributed by atoms with E-state index in [1.807, 2.05) is 31.2 Å². The number of rotatable bonds is 9. The van der Waals surface area contributed by atoms with Gasteiger partial charge in [0, 0.05) is 24.3 Å². The van der Waals surface area contributed by atoms with Gasteiger partial charge in [0.1, 0.15) is 0 Å². The number of benzene rings is 3. The van der Waals surface area contributed by atoms with E-state index in [1.165, 1.54) is 0 Å². The lowest BCUT2D eigenvalue weighted by atomic mass is 9.95. The highest BCUT2D eigenvalue weighted by Crippen LogP contribution is 2.25. The van der Waals surface area contributed by atoms with E-state index in [1.54, 1.807) is 48.8 Å². The number of imidazole rings is 1. The number of aromatic nitrogens is 2. The van der Waals surface area contributed by atoms with Crippen LogP contribution in [0.5, 0.6) is 0 Å². The highest BCUT2D eigenvalue weighted by atomic mass is 16.3. The molecule has 0 saturated carbocycles. The normalized spacial score (nSPS) is 12.7. The van der Waals surface area contributed by atoms with Crippen LogP contribution in [0.2, 0.25) is 0 Å². The number of carbonyl (C=O) groups excluding carboxylic acids is 2. The standard InChI is InChI=1S/C28H32N6O3/c1-4-33(5-2)20-12-10-19(11-13-20)27(36)32-25(22-9-7-6-8-18(22)3)26(35)28(37)34(29)21-14-15-23-24(16-21)31-17-30-23/h6-17,25-26,35H,4-5,29H2,1-3H3,(H,30,31)(H,32,36). The topological polar surface area (TPSA) is 128 Å².